The molecule has 4 aromatic rings. The zero-order valence-electron chi connectivity index (χ0n) is 19.4. The van der Waals surface area contributed by atoms with E-state index < -0.39 is 16.1 Å². The highest BCUT2D eigenvalue weighted by atomic mass is 35.5. The van der Waals surface area contributed by atoms with Crippen LogP contribution in [-0.2, 0) is 22.9 Å². The summed E-state index contributed by atoms with van der Waals surface area (Å²) in [7, 11) is -4.07. The monoisotopic (exact) mass is 526 g/mol. The molecule has 7 nitrogen and oxygen atoms in total. The summed E-state index contributed by atoms with van der Waals surface area (Å²) in [6.07, 6.45) is 3.15. The molecule has 10 heteroatoms. The SMILES string of the molecule is CCc1nc(-c2ccc(F)cc2)cn1-c1ccc(CCNC(=O)NS(=O)(=O)c2ccccc2Cl)cc1. The minimum atomic E-state index is -4.07. The van der Waals surface area contributed by atoms with Crippen molar-refractivity contribution in [2.24, 2.45) is 0 Å². The Labute approximate surface area is 214 Å². The molecule has 0 radical (unpaired) electrons. The summed E-state index contributed by atoms with van der Waals surface area (Å²) in [5.74, 6) is 0.582. The van der Waals surface area contributed by atoms with Crippen LogP contribution in [0.3, 0.4) is 0 Å². The largest absolute Gasteiger partial charge is 0.337 e. The molecule has 0 aliphatic heterocycles. The number of imidazole rings is 1. The fourth-order valence-electron chi connectivity index (χ4n) is 3.67. The Morgan fingerprint density at radius 2 is 1.72 bits per heavy atom. The summed E-state index contributed by atoms with van der Waals surface area (Å²) in [4.78, 5) is 16.6. The second-order valence-electron chi connectivity index (χ2n) is 7.98. The van der Waals surface area contributed by atoms with Crippen LogP contribution in [0.25, 0.3) is 16.9 Å². The van der Waals surface area contributed by atoms with Crippen molar-refractivity contribution < 1.29 is 17.6 Å². The van der Waals surface area contributed by atoms with Gasteiger partial charge in [0, 0.05) is 30.4 Å². The number of aryl methyl sites for hydroxylation is 1. The molecule has 0 bridgehead atoms. The Morgan fingerprint density at radius 3 is 2.39 bits per heavy atom. The van der Waals surface area contributed by atoms with Crippen LogP contribution in [0.2, 0.25) is 5.02 Å². The maximum Gasteiger partial charge on any atom is 0.328 e. The molecule has 4 rings (SSSR count). The molecule has 1 aromatic heterocycles. The van der Waals surface area contributed by atoms with E-state index in [2.05, 4.69) is 10.3 Å². The molecule has 186 valence electrons. The normalized spacial score (nSPS) is 11.3. The average Bonchev–Trinajstić information content (AvgIpc) is 3.29. The minimum Gasteiger partial charge on any atom is -0.337 e. The van der Waals surface area contributed by atoms with Crippen LogP contribution in [0.5, 0.6) is 0 Å². The van der Waals surface area contributed by atoms with Gasteiger partial charge in [0.05, 0.1) is 10.7 Å². The van der Waals surface area contributed by atoms with E-state index in [1.165, 1.54) is 30.3 Å². The van der Waals surface area contributed by atoms with Gasteiger partial charge in [0.15, 0.2) is 0 Å². The van der Waals surface area contributed by atoms with Crippen molar-refractivity contribution in [1.82, 2.24) is 19.6 Å². The molecule has 0 saturated heterocycles. The average molecular weight is 527 g/mol. The van der Waals surface area contributed by atoms with Crippen molar-refractivity contribution in [3.8, 4) is 16.9 Å². The van der Waals surface area contributed by atoms with Crippen LogP contribution in [0.1, 0.15) is 18.3 Å². The number of benzene rings is 3. The Hall–Kier alpha value is -3.69. The number of carbonyl (C=O) groups is 1. The molecule has 1 heterocycles. The zero-order chi connectivity index (χ0) is 25.7. The topological polar surface area (TPSA) is 93.1 Å². The van der Waals surface area contributed by atoms with Gasteiger partial charge in [-0.2, -0.15) is 0 Å². The van der Waals surface area contributed by atoms with E-state index in [1.807, 2.05) is 46.7 Å². The number of hydrogen-bond donors (Lipinski definition) is 2. The Bertz CT molecular complexity index is 1470. The number of carbonyl (C=O) groups excluding carboxylic acids is 1. The fraction of sp³-hybridized carbons (Fsp3) is 0.154. The van der Waals surface area contributed by atoms with Gasteiger partial charge in [-0.05, 0) is 60.5 Å². The zero-order valence-corrected chi connectivity index (χ0v) is 21.0. The molecule has 3 aromatic carbocycles. The van der Waals surface area contributed by atoms with E-state index in [1.54, 1.807) is 18.2 Å². The van der Waals surface area contributed by atoms with Crippen molar-refractivity contribution in [1.29, 1.82) is 0 Å². The number of nitrogens with one attached hydrogen (secondary N) is 2. The predicted molar refractivity (Wildman–Crippen MR) is 137 cm³/mol. The molecule has 0 fully saturated rings. The molecule has 0 atom stereocenters. The smallest absolute Gasteiger partial charge is 0.328 e. The van der Waals surface area contributed by atoms with Crippen LogP contribution in [0, 0.1) is 5.82 Å². The quantitative estimate of drug-likeness (QED) is 0.333. The molecule has 0 unspecified atom stereocenters. The van der Waals surface area contributed by atoms with Crippen molar-refractivity contribution in [2.45, 2.75) is 24.7 Å². The van der Waals surface area contributed by atoms with Crippen LogP contribution in [0.4, 0.5) is 9.18 Å². The summed E-state index contributed by atoms with van der Waals surface area (Å²) >= 11 is 5.92. The first-order chi connectivity index (χ1) is 17.3. The second-order valence-corrected chi connectivity index (χ2v) is 10.0. The van der Waals surface area contributed by atoms with Crippen molar-refractivity contribution in [3.63, 3.8) is 0 Å². The number of hydrogen-bond acceptors (Lipinski definition) is 4. The van der Waals surface area contributed by atoms with Crippen LogP contribution in [-0.4, -0.2) is 30.5 Å². The lowest BCUT2D eigenvalue weighted by Crippen LogP contribution is -2.40. The molecule has 0 aliphatic rings. The fourth-order valence-corrected chi connectivity index (χ4v) is 5.12. The predicted octanol–water partition coefficient (Wildman–Crippen LogP) is 5.12. The van der Waals surface area contributed by atoms with Gasteiger partial charge in [-0.3, -0.25) is 0 Å². The molecule has 0 aliphatic carbocycles. The molecular formula is C26H24ClFN4O3S. The minimum absolute atomic E-state index is 0.0341. The van der Waals surface area contributed by atoms with Crippen LogP contribution < -0.4 is 10.0 Å². The summed E-state index contributed by atoms with van der Waals surface area (Å²) < 4.78 is 41.9. The number of amides is 2. The molecule has 0 saturated carbocycles. The third-order valence-electron chi connectivity index (χ3n) is 5.50. The van der Waals surface area contributed by atoms with Gasteiger partial charge in [0.1, 0.15) is 16.5 Å². The van der Waals surface area contributed by atoms with Crippen molar-refractivity contribution >= 4 is 27.7 Å². The Morgan fingerprint density at radius 1 is 1.03 bits per heavy atom. The van der Waals surface area contributed by atoms with Gasteiger partial charge in [-0.25, -0.2) is 27.3 Å². The summed E-state index contributed by atoms with van der Waals surface area (Å²) in [6.45, 7) is 2.26. The maximum atomic E-state index is 13.3. The van der Waals surface area contributed by atoms with Crippen molar-refractivity contribution in [2.75, 3.05) is 6.54 Å². The highest BCUT2D eigenvalue weighted by molar-refractivity contribution is 7.90. The van der Waals surface area contributed by atoms with E-state index in [0.717, 1.165) is 34.8 Å². The third-order valence-corrected chi connectivity index (χ3v) is 7.33. The molecule has 2 N–H and O–H groups in total. The Kier molecular flexibility index (Phi) is 7.71. The van der Waals surface area contributed by atoms with E-state index in [-0.39, 0.29) is 22.3 Å². The highest BCUT2D eigenvalue weighted by Crippen LogP contribution is 2.23. The highest BCUT2D eigenvalue weighted by Gasteiger charge is 2.20. The second kappa shape index (κ2) is 10.9. The van der Waals surface area contributed by atoms with E-state index in [9.17, 15) is 17.6 Å². The third kappa shape index (κ3) is 5.92. The number of urea groups is 1. The first kappa shape index (κ1) is 25.4. The Balaban J connectivity index is 1.37. The van der Waals surface area contributed by atoms with Crippen molar-refractivity contribution in [3.05, 3.63) is 101 Å². The number of rotatable bonds is 8. The number of nitrogens with zero attached hydrogens (tertiary/aromatic N) is 2. The summed E-state index contributed by atoms with van der Waals surface area (Å²) in [6, 6.07) is 19.1. The van der Waals surface area contributed by atoms with E-state index in [0.29, 0.717) is 6.42 Å². The molecule has 2 amide bonds. The lowest BCUT2D eigenvalue weighted by molar-refractivity contribution is 0.246. The first-order valence-electron chi connectivity index (χ1n) is 11.3. The van der Waals surface area contributed by atoms with Gasteiger partial charge >= 0.3 is 6.03 Å². The lowest BCUT2D eigenvalue weighted by Gasteiger charge is -2.10. The van der Waals surface area contributed by atoms with E-state index in [4.69, 9.17) is 11.6 Å². The van der Waals surface area contributed by atoms with Gasteiger partial charge in [-0.15, -0.1) is 0 Å². The maximum absolute atomic E-state index is 13.3. The number of sulfonamides is 1. The van der Waals surface area contributed by atoms with Gasteiger partial charge in [0.2, 0.25) is 0 Å². The molecule has 36 heavy (non-hydrogen) atoms. The lowest BCUT2D eigenvalue weighted by atomic mass is 10.1. The number of halogens is 2. The van der Waals surface area contributed by atoms with Gasteiger partial charge in [-0.1, -0.05) is 42.8 Å². The summed E-state index contributed by atoms with van der Waals surface area (Å²) in [5, 5.41) is 2.59. The summed E-state index contributed by atoms with van der Waals surface area (Å²) in [5.41, 5.74) is 3.48. The number of aromatic nitrogens is 2. The van der Waals surface area contributed by atoms with E-state index >= 15 is 0 Å². The van der Waals surface area contributed by atoms with Gasteiger partial charge < -0.3 is 9.88 Å². The molecule has 0 spiro atoms. The first-order valence-corrected chi connectivity index (χ1v) is 13.1. The van der Waals surface area contributed by atoms with Crippen LogP contribution in [0.15, 0.2) is 83.9 Å². The standard InChI is InChI=1S/C26H24ClFN4O3S/c1-2-25-30-23(19-9-11-20(28)12-10-19)17-32(25)21-13-7-18(8-14-21)15-16-29-26(33)31-36(34,35)24-6-4-3-5-22(24)27/h3-14,17H,2,15-16H2,1H3,(H2,29,31,33). The van der Waals surface area contributed by atoms with Crippen LogP contribution >= 0.6 is 11.6 Å². The van der Waals surface area contributed by atoms with Gasteiger partial charge in [0.25, 0.3) is 10.0 Å². The molecular weight excluding hydrogens is 503 g/mol.